The molecule has 7 nitrogen and oxygen atoms in total. The van der Waals surface area contributed by atoms with Crippen molar-refractivity contribution < 1.29 is 19.1 Å². The van der Waals surface area contributed by atoms with E-state index in [1.807, 2.05) is 18.4 Å². The van der Waals surface area contributed by atoms with Gasteiger partial charge in [0.15, 0.2) is 0 Å². The van der Waals surface area contributed by atoms with E-state index >= 15 is 0 Å². The number of cyclic esters (lactones) is 1. The van der Waals surface area contributed by atoms with Crippen molar-refractivity contribution >= 4 is 12.0 Å². The second kappa shape index (κ2) is 6.46. The third kappa shape index (κ3) is 3.10. The number of carbonyl (C=O) groups excluding carboxylic acids is 2. The van der Waals surface area contributed by atoms with E-state index in [1.54, 1.807) is 11.2 Å². The summed E-state index contributed by atoms with van der Waals surface area (Å²) in [6.45, 7) is 2.20. The highest BCUT2D eigenvalue weighted by atomic mass is 16.6. The normalized spacial score (nSPS) is 30.6. The van der Waals surface area contributed by atoms with E-state index in [9.17, 15) is 9.59 Å². The van der Waals surface area contributed by atoms with Gasteiger partial charge >= 0.3 is 6.09 Å². The van der Waals surface area contributed by atoms with Crippen LogP contribution in [0.1, 0.15) is 32.6 Å². The van der Waals surface area contributed by atoms with Gasteiger partial charge in [0.25, 0.3) is 0 Å². The highest BCUT2D eigenvalue weighted by Gasteiger charge is 2.38. The summed E-state index contributed by atoms with van der Waals surface area (Å²) in [6, 6.07) is 0.376. The number of hydrogen-bond donors (Lipinski definition) is 1. The number of nitrogens with one attached hydrogen (secondary N) is 1. The van der Waals surface area contributed by atoms with Crippen molar-refractivity contribution in [3.05, 3.63) is 36.0 Å². The first-order valence-electron chi connectivity index (χ1n) is 8.88. The summed E-state index contributed by atoms with van der Waals surface area (Å²) in [4.78, 5) is 27.1. The summed E-state index contributed by atoms with van der Waals surface area (Å²) in [5, 5.41) is 2.69. The third-order valence-electron chi connectivity index (χ3n) is 5.15. The molecule has 3 atom stereocenters. The lowest BCUT2D eigenvalue weighted by Crippen LogP contribution is -2.46. The largest absolute Gasteiger partial charge is 0.494 e. The second-order valence-electron chi connectivity index (χ2n) is 6.91. The van der Waals surface area contributed by atoms with Gasteiger partial charge in [-0.25, -0.2) is 4.79 Å². The van der Waals surface area contributed by atoms with E-state index in [2.05, 4.69) is 10.2 Å². The maximum Gasteiger partial charge on any atom is 0.414 e. The van der Waals surface area contributed by atoms with E-state index in [4.69, 9.17) is 9.47 Å². The number of nitrogens with zero attached hydrogens (tertiary/aromatic N) is 2. The molecule has 1 aliphatic carbocycles. The maximum absolute atomic E-state index is 12.2. The SMILES string of the molecule is CC(=O)NC[C@H]1CN(C2=CC3=CO[C@@H]4CCCCC4N3C=C2)C(=O)O1. The lowest BCUT2D eigenvalue weighted by Gasteiger charge is -2.43. The average Bonchev–Trinajstić information content (AvgIpc) is 3.00. The topological polar surface area (TPSA) is 71.1 Å². The number of fused-ring (bicyclic) bond motifs is 3. The molecule has 0 radical (unpaired) electrons. The van der Waals surface area contributed by atoms with Crippen LogP contribution >= 0.6 is 0 Å². The first kappa shape index (κ1) is 16.1. The van der Waals surface area contributed by atoms with Crippen LogP contribution in [0.25, 0.3) is 0 Å². The van der Waals surface area contributed by atoms with Crippen molar-refractivity contribution in [1.29, 1.82) is 0 Å². The van der Waals surface area contributed by atoms with Crippen LogP contribution in [0.3, 0.4) is 0 Å². The van der Waals surface area contributed by atoms with Gasteiger partial charge in [0.2, 0.25) is 5.91 Å². The Morgan fingerprint density at radius 1 is 1.32 bits per heavy atom. The molecular formula is C18H23N3O4. The van der Waals surface area contributed by atoms with Gasteiger partial charge in [-0.15, -0.1) is 0 Å². The van der Waals surface area contributed by atoms with Crippen LogP contribution in [-0.4, -0.2) is 53.1 Å². The molecule has 3 aliphatic heterocycles. The van der Waals surface area contributed by atoms with Gasteiger partial charge in [-0.1, -0.05) is 6.42 Å². The average molecular weight is 345 g/mol. The molecule has 7 heteroatoms. The zero-order valence-electron chi connectivity index (χ0n) is 14.3. The Kier molecular flexibility index (Phi) is 4.15. The van der Waals surface area contributed by atoms with E-state index in [0.29, 0.717) is 19.1 Å². The maximum atomic E-state index is 12.2. The summed E-state index contributed by atoms with van der Waals surface area (Å²) >= 11 is 0. The molecule has 0 bridgehead atoms. The number of allylic oxidation sites excluding steroid dienone is 2. The smallest absolute Gasteiger partial charge is 0.414 e. The molecule has 0 aromatic rings. The molecule has 0 spiro atoms. The molecule has 3 heterocycles. The number of rotatable bonds is 3. The molecule has 2 fully saturated rings. The summed E-state index contributed by atoms with van der Waals surface area (Å²) < 4.78 is 11.2. The van der Waals surface area contributed by atoms with Crippen molar-refractivity contribution in [3.63, 3.8) is 0 Å². The monoisotopic (exact) mass is 345 g/mol. The summed E-state index contributed by atoms with van der Waals surface area (Å²) in [5.74, 6) is -0.131. The van der Waals surface area contributed by atoms with Crippen molar-refractivity contribution in [1.82, 2.24) is 15.1 Å². The van der Waals surface area contributed by atoms with Gasteiger partial charge in [-0.2, -0.15) is 0 Å². The molecule has 1 saturated carbocycles. The van der Waals surface area contributed by atoms with Gasteiger partial charge in [0, 0.05) is 13.1 Å². The minimum atomic E-state index is -0.382. The zero-order valence-corrected chi connectivity index (χ0v) is 14.3. The molecule has 1 unspecified atom stereocenters. The Balaban J connectivity index is 1.47. The third-order valence-corrected chi connectivity index (χ3v) is 5.15. The highest BCUT2D eigenvalue weighted by molar-refractivity contribution is 5.74. The highest BCUT2D eigenvalue weighted by Crippen LogP contribution is 2.35. The molecule has 0 aromatic heterocycles. The molecular weight excluding hydrogens is 322 g/mol. The van der Waals surface area contributed by atoms with Crippen molar-refractivity contribution in [2.45, 2.75) is 50.9 Å². The van der Waals surface area contributed by atoms with Crippen LogP contribution in [0.5, 0.6) is 0 Å². The standard InChI is InChI=1S/C18H23N3O4/c1-12(22)19-9-15-10-21(18(23)25-15)13-6-7-20-14(8-13)11-24-17-5-3-2-4-16(17)20/h6-8,11,15-17H,2-5,9-10H2,1H3,(H,19,22)/t15-,16?,17+/m0/s1. The van der Waals surface area contributed by atoms with Gasteiger partial charge in [-0.05, 0) is 31.4 Å². The number of hydrogen-bond acceptors (Lipinski definition) is 5. The lowest BCUT2D eigenvalue weighted by molar-refractivity contribution is -0.119. The summed E-state index contributed by atoms with van der Waals surface area (Å²) in [7, 11) is 0. The van der Waals surface area contributed by atoms with E-state index in [-0.39, 0.29) is 24.2 Å². The van der Waals surface area contributed by atoms with Crippen LogP contribution in [0, 0.1) is 0 Å². The Labute approximate surface area is 146 Å². The fourth-order valence-corrected chi connectivity index (χ4v) is 3.89. The predicted molar refractivity (Wildman–Crippen MR) is 89.9 cm³/mol. The number of carbonyl (C=O) groups is 2. The fourth-order valence-electron chi connectivity index (χ4n) is 3.89. The van der Waals surface area contributed by atoms with Gasteiger partial charge in [0.1, 0.15) is 18.5 Å². The molecule has 4 rings (SSSR count). The first-order valence-corrected chi connectivity index (χ1v) is 8.88. The zero-order chi connectivity index (χ0) is 17.4. The van der Waals surface area contributed by atoms with E-state index in [1.165, 1.54) is 19.8 Å². The molecule has 0 aromatic carbocycles. The van der Waals surface area contributed by atoms with Crippen LogP contribution < -0.4 is 5.32 Å². The van der Waals surface area contributed by atoms with Gasteiger partial charge < -0.3 is 19.7 Å². The van der Waals surface area contributed by atoms with Crippen LogP contribution in [-0.2, 0) is 14.3 Å². The van der Waals surface area contributed by atoms with Crippen LogP contribution in [0.2, 0.25) is 0 Å². The van der Waals surface area contributed by atoms with Gasteiger partial charge in [0.05, 0.1) is 30.5 Å². The second-order valence-corrected chi connectivity index (χ2v) is 6.91. The quantitative estimate of drug-likeness (QED) is 0.845. The Bertz CT molecular complexity index is 669. The predicted octanol–water partition coefficient (Wildman–Crippen LogP) is 1.84. The molecule has 4 aliphatic rings. The minimum Gasteiger partial charge on any atom is -0.494 e. The first-order chi connectivity index (χ1) is 12.1. The van der Waals surface area contributed by atoms with Crippen molar-refractivity contribution in [2.24, 2.45) is 0 Å². The number of amides is 2. The summed E-state index contributed by atoms with van der Waals surface area (Å²) in [5.41, 5.74) is 1.76. The number of ether oxygens (including phenoxy) is 2. The molecule has 1 saturated heterocycles. The van der Waals surface area contributed by atoms with E-state index in [0.717, 1.165) is 24.2 Å². The molecule has 25 heavy (non-hydrogen) atoms. The Morgan fingerprint density at radius 3 is 3.00 bits per heavy atom. The van der Waals surface area contributed by atoms with Crippen LogP contribution in [0.4, 0.5) is 4.79 Å². The molecule has 2 amide bonds. The molecule has 1 N–H and O–H groups in total. The van der Waals surface area contributed by atoms with E-state index < -0.39 is 0 Å². The lowest BCUT2D eigenvalue weighted by atomic mass is 9.89. The Morgan fingerprint density at radius 2 is 2.16 bits per heavy atom. The fraction of sp³-hybridized carbons (Fsp3) is 0.556. The minimum absolute atomic E-state index is 0.131. The molecule has 134 valence electrons. The van der Waals surface area contributed by atoms with Crippen molar-refractivity contribution in [3.8, 4) is 0 Å². The summed E-state index contributed by atoms with van der Waals surface area (Å²) in [6.07, 6.45) is 12.0. The van der Waals surface area contributed by atoms with Crippen molar-refractivity contribution in [2.75, 3.05) is 13.1 Å². The Hall–Kier alpha value is -2.44. The van der Waals surface area contributed by atoms with Crippen LogP contribution in [0.15, 0.2) is 36.0 Å². The van der Waals surface area contributed by atoms with Gasteiger partial charge in [-0.3, -0.25) is 9.69 Å².